The fourth-order valence-corrected chi connectivity index (χ4v) is 3.39. The topological polar surface area (TPSA) is 75.3 Å². The molecule has 0 unspecified atom stereocenters. The third-order valence-corrected chi connectivity index (χ3v) is 4.75. The molecule has 0 saturated carbocycles. The van der Waals surface area contributed by atoms with Crippen LogP contribution in [-0.2, 0) is 22.6 Å². The Morgan fingerprint density at radius 3 is 2.40 bits per heavy atom. The molecule has 2 amide bonds. The summed E-state index contributed by atoms with van der Waals surface area (Å²) in [5.74, 6) is 0. The number of hydrogen-bond acceptors (Lipinski definition) is 3. The van der Waals surface area contributed by atoms with Crippen LogP contribution in [-0.4, -0.2) is 14.4 Å². The molecule has 0 atom stereocenters. The molecule has 2 N–H and O–H groups in total. The first-order valence-corrected chi connectivity index (χ1v) is 8.71. The molecule has 0 saturated heterocycles. The number of sulfonamides is 1. The Morgan fingerprint density at radius 1 is 1.08 bits per heavy atom. The van der Waals surface area contributed by atoms with Gasteiger partial charge in [-0.25, -0.2) is 17.9 Å². The lowest BCUT2D eigenvalue weighted by molar-refractivity contribution is -0.137. The molecule has 2 rings (SSSR count). The van der Waals surface area contributed by atoms with Crippen molar-refractivity contribution in [2.24, 2.45) is 0 Å². The van der Waals surface area contributed by atoms with Gasteiger partial charge in [-0.1, -0.05) is 31.2 Å². The highest BCUT2D eigenvalue weighted by atomic mass is 32.2. The van der Waals surface area contributed by atoms with E-state index in [1.54, 1.807) is 23.8 Å². The minimum Gasteiger partial charge on any atom is -0.307 e. The highest BCUT2D eigenvalue weighted by Crippen LogP contribution is 2.30. The summed E-state index contributed by atoms with van der Waals surface area (Å²) in [5, 5.41) is 2.09. The minimum absolute atomic E-state index is 0.0586. The summed E-state index contributed by atoms with van der Waals surface area (Å²) in [6.45, 7) is 1.76. The normalized spacial score (nSPS) is 11.8. The molecule has 9 heteroatoms. The van der Waals surface area contributed by atoms with Gasteiger partial charge in [-0.05, 0) is 36.2 Å². The average molecular weight is 372 g/mol. The van der Waals surface area contributed by atoms with Gasteiger partial charge in [0.2, 0.25) is 0 Å². The van der Waals surface area contributed by atoms with Crippen molar-refractivity contribution in [1.29, 1.82) is 0 Å². The fraction of sp³-hybridized carbons (Fsp3) is 0.188. The number of aryl methyl sites for hydroxylation is 1. The molecular weight excluding hydrogens is 357 g/mol. The second kappa shape index (κ2) is 7.14. The van der Waals surface area contributed by atoms with Crippen molar-refractivity contribution in [2.45, 2.75) is 24.4 Å². The quantitative estimate of drug-likeness (QED) is 0.858. The number of halogens is 3. The summed E-state index contributed by atoms with van der Waals surface area (Å²) in [7, 11) is -4.15. The number of urea groups is 1. The van der Waals surface area contributed by atoms with E-state index < -0.39 is 27.8 Å². The molecule has 2 aromatic carbocycles. The smallest absolute Gasteiger partial charge is 0.307 e. The van der Waals surface area contributed by atoms with E-state index in [0.29, 0.717) is 18.1 Å². The molecule has 25 heavy (non-hydrogen) atoms. The van der Waals surface area contributed by atoms with Gasteiger partial charge in [-0.3, -0.25) is 0 Å². The molecule has 5 nitrogen and oxygen atoms in total. The maximum Gasteiger partial charge on any atom is 0.416 e. The van der Waals surface area contributed by atoms with E-state index in [9.17, 15) is 26.4 Å². The largest absolute Gasteiger partial charge is 0.416 e. The lowest BCUT2D eigenvalue weighted by Crippen LogP contribution is -2.34. The summed E-state index contributed by atoms with van der Waals surface area (Å²) in [6, 6.07) is 8.88. The van der Waals surface area contributed by atoms with Gasteiger partial charge >= 0.3 is 12.2 Å². The highest BCUT2D eigenvalue weighted by Gasteiger charge is 2.30. The molecule has 0 aliphatic heterocycles. The minimum atomic E-state index is -4.57. The van der Waals surface area contributed by atoms with Gasteiger partial charge in [0.15, 0.2) is 0 Å². The van der Waals surface area contributed by atoms with E-state index in [1.165, 1.54) is 18.2 Å². The Bertz CT molecular complexity index is 880. The maximum atomic E-state index is 12.7. The van der Waals surface area contributed by atoms with Crippen LogP contribution in [0, 0.1) is 0 Å². The maximum absolute atomic E-state index is 12.7. The Hall–Kier alpha value is -2.55. The third kappa shape index (κ3) is 4.72. The number of benzene rings is 2. The predicted molar refractivity (Wildman–Crippen MR) is 86.6 cm³/mol. The molecule has 134 valence electrons. The second-order valence-corrected chi connectivity index (χ2v) is 6.75. The van der Waals surface area contributed by atoms with Crippen LogP contribution in [0.5, 0.6) is 0 Å². The van der Waals surface area contributed by atoms with Gasteiger partial charge in [0.25, 0.3) is 10.0 Å². The summed E-state index contributed by atoms with van der Waals surface area (Å²) in [4.78, 5) is 11.8. The van der Waals surface area contributed by atoms with Crippen molar-refractivity contribution < 1.29 is 26.4 Å². The second-order valence-electron chi connectivity index (χ2n) is 5.10. The van der Waals surface area contributed by atoms with Gasteiger partial charge in [0.05, 0.1) is 10.5 Å². The molecule has 0 radical (unpaired) electrons. The molecule has 0 aromatic heterocycles. The highest BCUT2D eigenvalue weighted by molar-refractivity contribution is 7.90. The number of amides is 2. The summed E-state index contributed by atoms with van der Waals surface area (Å²) < 4.78 is 64.3. The zero-order valence-corrected chi connectivity index (χ0v) is 13.9. The van der Waals surface area contributed by atoms with Crippen molar-refractivity contribution in [3.63, 3.8) is 0 Å². The number of carbonyl (C=O) groups excluding carboxylic acids is 1. The van der Waals surface area contributed by atoms with Gasteiger partial charge in [0, 0.05) is 5.69 Å². The first-order chi connectivity index (χ1) is 11.6. The first kappa shape index (κ1) is 18.8. The van der Waals surface area contributed by atoms with Crippen molar-refractivity contribution in [1.82, 2.24) is 4.72 Å². The Balaban J connectivity index is 2.17. The van der Waals surface area contributed by atoms with Gasteiger partial charge in [0.1, 0.15) is 0 Å². The predicted octanol–water partition coefficient (Wildman–Crippen LogP) is 3.78. The standard InChI is InChI=1S/C16H15F3N2O3S/c1-2-11-6-3-4-9-14(11)25(23,24)21-15(22)20-13-8-5-7-12(10-13)16(17,18)19/h3-10H,2H2,1H3,(H2,20,21,22). The monoisotopic (exact) mass is 372 g/mol. The number of hydrogen-bond donors (Lipinski definition) is 2. The van der Waals surface area contributed by atoms with E-state index in [2.05, 4.69) is 5.32 Å². The number of rotatable bonds is 4. The van der Waals surface area contributed by atoms with E-state index in [4.69, 9.17) is 0 Å². The summed E-state index contributed by atoms with van der Waals surface area (Å²) in [6.07, 6.45) is -4.13. The first-order valence-electron chi connectivity index (χ1n) is 7.22. The van der Waals surface area contributed by atoms with Crippen LogP contribution in [0.15, 0.2) is 53.4 Å². The number of nitrogens with one attached hydrogen (secondary N) is 2. The summed E-state index contributed by atoms with van der Waals surface area (Å²) >= 11 is 0. The van der Waals surface area contributed by atoms with E-state index in [1.807, 2.05) is 0 Å². The van der Waals surface area contributed by atoms with Crippen molar-refractivity contribution in [3.8, 4) is 0 Å². The Morgan fingerprint density at radius 2 is 1.76 bits per heavy atom. The van der Waals surface area contributed by atoms with E-state index in [-0.39, 0.29) is 10.6 Å². The molecule has 0 fully saturated rings. The SMILES string of the molecule is CCc1ccccc1S(=O)(=O)NC(=O)Nc1cccc(C(F)(F)F)c1. The fourth-order valence-electron chi connectivity index (χ4n) is 2.16. The molecule has 0 bridgehead atoms. The molecule has 0 aliphatic carbocycles. The van der Waals surface area contributed by atoms with Crippen LogP contribution < -0.4 is 10.0 Å². The lowest BCUT2D eigenvalue weighted by atomic mass is 10.2. The van der Waals surface area contributed by atoms with Crippen LogP contribution in [0.2, 0.25) is 0 Å². The van der Waals surface area contributed by atoms with Gasteiger partial charge in [-0.15, -0.1) is 0 Å². The molecule has 0 aliphatic rings. The van der Waals surface area contributed by atoms with E-state index >= 15 is 0 Å². The average Bonchev–Trinajstić information content (AvgIpc) is 2.53. The van der Waals surface area contributed by atoms with Crippen LogP contribution in [0.25, 0.3) is 0 Å². The Labute approximate surface area is 142 Å². The van der Waals surface area contributed by atoms with Crippen LogP contribution >= 0.6 is 0 Å². The van der Waals surface area contributed by atoms with Crippen molar-refractivity contribution >= 4 is 21.7 Å². The van der Waals surface area contributed by atoms with E-state index in [0.717, 1.165) is 12.1 Å². The molecule has 2 aromatic rings. The van der Waals surface area contributed by atoms with Crippen LogP contribution in [0.1, 0.15) is 18.1 Å². The van der Waals surface area contributed by atoms with Crippen molar-refractivity contribution in [3.05, 3.63) is 59.7 Å². The molecule has 0 spiro atoms. The molecule has 0 heterocycles. The van der Waals surface area contributed by atoms with Crippen LogP contribution in [0.3, 0.4) is 0 Å². The van der Waals surface area contributed by atoms with Gasteiger partial charge < -0.3 is 5.32 Å². The van der Waals surface area contributed by atoms with Crippen molar-refractivity contribution in [2.75, 3.05) is 5.32 Å². The third-order valence-electron chi connectivity index (χ3n) is 3.32. The van der Waals surface area contributed by atoms with Gasteiger partial charge in [-0.2, -0.15) is 13.2 Å². The number of anilines is 1. The lowest BCUT2D eigenvalue weighted by Gasteiger charge is -2.12. The number of carbonyl (C=O) groups is 1. The Kier molecular flexibility index (Phi) is 5.36. The molecular formula is C16H15F3N2O3S. The zero-order valence-electron chi connectivity index (χ0n) is 13.1. The number of alkyl halides is 3. The summed E-state index contributed by atoms with van der Waals surface area (Å²) in [5.41, 5.74) is -0.613. The zero-order chi connectivity index (χ0) is 18.7. The van der Waals surface area contributed by atoms with Crippen LogP contribution in [0.4, 0.5) is 23.7 Å².